The lowest BCUT2D eigenvalue weighted by Gasteiger charge is -2.15. The number of carbonyl (C=O) groups excluding carboxylic acids is 2. The summed E-state index contributed by atoms with van der Waals surface area (Å²) in [5.41, 5.74) is 1.05. The minimum absolute atomic E-state index is 0.0736. The fourth-order valence-corrected chi connectivity index (χ4v) is 2.91. The third-order valence-corrected chi connectivity index (χ3v) is 4.35. The first-order valence-corrected chi connectivity index (χ1v) is 8.22. The van der Waals surface area contributed by atoms with Crippen molar-refractivity contribution in [3.05, 3.63) is 65.2 Å². The highest BCUT2D eigenvalue weighted by atomic mass is 19.1. The van der Waals surface area contributed by atoms with Gasteiger partial charge in [-0.1, -0.05) is 18.2 Å². The molecule has 0 aromatic heterocycles. The molecule has 27 heavy (non-hydrogen) atoms. The third-order valence-electron chi connectivity index (χ3n) is 4.35. The fraction of sp³-hybridized carbons (Fsp3) is 0.200. The lowest BCUT2D eigenvalue weighted by atomic mass is 10.0. The largest absolute Gasteiger partial charge is 0.502 e. The number of halogens is 1. The van der Waals surface area contributed by atoms with Gasteiger partial charge in [0.05, 0.1) is 19.8 Å². The van der Waals surface area contributed by atoms with Gasteiger partial charge in [0.25, 0.3) is 11.8 Å². The Balaban J connectivity index is 1.82. The average Bonchev–Trinajstić information content (AvgIpc) is 2.89. The van der Waals surface area contributed by atoms with Gasteiger partial charge in [-0.3, -0.25) is 14.5 Å². The van der Waals surface area contributed by atoms with Crippen molar-refractivity contribution in [2.75, 3.05) is 20.8 Å². The quantitative estimate of drug-likeness (QED) is 0.790. The number of rotatable bonds is 6. The van der Waals surface area contributed by atoms with Crippen LogP contribution in [0.15, 0.2) is 48.2 Å². The number of hydrogen-bond acceptors (Lipinski definition) is 5. The second-order valence-electron chi connectivity index (χ2n) is 5.93. The Bertz CT molecular complexity index is 920. The van der Waals surface area contributed by atoms with Crippen LogP contribution in [0.1, 0.15) is 11.1 Å². The predicted molar refractivity (Wildman–Crippen MR) is 95.9 cm³/mol. The first kappa shape index (κ1) is 18.4. The maximum Gasteiger partial charge on any atom is 0.296 e. The van der Waals surface area contributed by atoms with Gasteiger partial charge in [-0.05, 0) is 41.8 Å². The normalized spacial score (nSPS) is 14.1. The fourth-order valence-electron chi connectivity index (χ4n) is 2.91. The number of nitrogens with zero attached hydrogens (tertiary/aromatic N) is 1. The molecule has 1 aliphatic heterocycles. The van der Waals surface area contributed by atoms with E-state index in [0.717, 1.165) is 10.5 Å². The van der Waals surface area contributed by atoms with Gasteiger partial charge in [-0.25, -0.2) is 4.39 Å². The van der Waals surface area contributed by atoms with Crippen molar-refractivity contribution in [1.29, 1.82) is 0 Å². The van der Waals surface area contributed by atoms with Gasteiger partial charge in [0.2, 0.25) is 0 Å². The maximum atomic E-state index is 13.0. The average molecular weight is 371 g/mol. The van der Waals surface area contributed by atoms with Crippen molar-refractivity contribution >= 4 is 17.4 Å². The summed E-state index contributed by atoms with van der Waals surface area (Å²) < 4.78 is 23.3. The Hall–Kier alpha value is -3.35. The Kier molecular flexibility index (Phi) is 5.12. The van der Waals surface area contributed by atoms with E-state index in [2.05, 4.69) is 0 Å². The number of hydrogen-bond donors (Lipinski definition) is 1. The molecule has 0 saturated carbocycles. The molecule has 2 aromatic rings. The van der Waals surface area contributed by atoms with E-state index >= 15 is 0 Å². The first-order chi connectivity index (χ1) is 13.0. The van der Waals surface area contributed by atoms with Crippen molar-refractivity contribution in [2.45, 2.75) is 6.42 Å². The summed E-state index contributed by atoms with van der Waals surface area (Å²) in [6.45, 7) is 0.0736. The van der Waals surface area contributed by atoms with Gasteiger partial charge in [0.15, 0.2) is 17.3 Å². The SMILES string of the molecule is COc1ccc(C2=C(O)C(=O)N(CCc3ccc(F)cc3)C2=O)cc1OC. The van der Waals surface area contributed by atoms with Gasteiger partial charge in [-0.15, -0.1) is 0 Å². The van der Waals surface area contributed by atoms with Crippen LogP contribution in [0.25, 0.3) is 5.57 Å². The lowest BCUT2D eigenvalue weighted by molar-refractivity contribution is -0.138. The molecule has 1 aliphatic rings. The maximum absolute atomic E-state index is 13.0. The Morgan fingerprint density at radius 3 is 2.26 bits per heavy atom. The van der Waals surface area contributed by atoms with Gasteiger partial charge in [0, 0.05) is 6.54 Å². The number of aliphatic hydroxyl groups excluding tert-OH is 1. The van der Waals surface area contributed by atoms with E-state index in [1.54, 1.807) is 24.3 Å². The van der Waals surface area contributed by atoms with Crippen LogP contribution in [0.2, 0.25) is 0 Å². The molecule has 0 aliphatic carbocycles. The summed E-state index contributed by atoms with van der Waals surface area (Å²) in [4.78, 5) is 26.0. The van der Waals surface area contributed by atoms with Crippen LogP contribution in [0, 0.1) is 5.82 Å². The van der Waals surface area contributed by atoms with Crippen LogP contribution in [-0.2, 0) is 16.0 Å². The highest BCUT2D eigenvalue weighted by Crippen LogP contribution is 2.34. The molecule has 6 nitrogen and oxygen atoms in total. The van der Waals surface area contributed by atoms with E-state index in [-0.39, 0.29) is 17.9 Å². The van der Waals surface area contributed by atoms with Crippen molar-refractivity contribution in [3.8, 4) is 11.5 Å². The van der Waals surface area contributed by atoms with Crippen molar-refractivity contribution < 1.29 is 28.6 Å². The molecule has 0 unspecified atom stereocenters. The molecule has 0 spiro atoms. The van der Waals surface area contributed by atoms with Gasteiger partial charge in [-0.2, -0.15) is 0 Å². The van der Waals surface area contributed by atoms with Gasteiger partial charge in [0.1, 0.15) is 5.82 Å². The predicted octanol–water partition coefficient (Wildman–Crippen LogP) is 2.72. The van der Waals surface area contributed by atoms with Crippen molar-refractivity contribution in [2.24, 2.45) is 0 Å². The molecule has 0 radical (unpaired) electrons. The molecule has 0 fully saturated rings. The van der Waals surface area contributed by atoms with Crippen molar-refractivity contribution in [1.82, 2.24) is 4.90 Å². The van der Waals surface area contributed by atoms with Crippen LogP contribution < -0.4 is 9.47 Å². The first-order valence-electron chi connectivity index (χ1n) is 8.22. The zero-order valence-corrected chi connectivity index (χ0v) is 14.9. The summed E-state index contributed by atoms with van der Waals surface area (Å²) in [6, 6.07) is 10.5. The molecule has 1 heterocycles. The van der Waals surface area contributed by atoms with E-state index < -0.39 is 17.6 Å². The molecular formula is C20H18FNO5. The molecule has 0 atom stereocenters. The molecule has 2 aromatic carbocycles. The van der Waals surface area contributed by atoms with Crippen LogP contribution in [-0.4, -0.2) is 42.6 Å². The number of imide groups is 1. The lowest BCUT2D eigenvalue weighted by Crippen LogP contribution is -2.33. The van der Waals surface area contributed by atoms with E-state index in [0.29, 0.717) is 23.5 Å². The van der Waals surface area contributed by atoms with E-state index in [1.165, 1.54) is 32.4 Å². The van der Waals surface area contributed by atoms with Crippen LogP contribution in [0.3, 0.4) is 0 Å². The second kappa shape index (κ2) is 7.49. The minimum Gasteiger partial charge on any atom is -0.502 e. The van der Waals surface area contributed by atoms with Crippen LogP contribution in [0.5, 0.6) is 11.5 Å². The zero-order chi connectivity index (χ0) is 19.6. The van der Waals surface area contributed by atoms with Crippen LogP contribution >= 0.6 is 0 Å². The molecule has 140 valence electrons. The Morgan fingerprint density at radius 2 is 1.63 bits per heavy atom. The zero-order valence-electron chi connectivity index (χ0n) is 14.9. The summed E-state index contributed by atoms with van der Waals surface area (Å²) in [5.74, 6) is -1.47. The number of ether oxygens (including phenoxy) is 2. The highest BCUT2D eigenvalue weighted by molar-refractivity contribution is 6.34. The number of methoxy groups -OCH3 is 2. The highest BCUT2D eigenvalue weighted by Gasteiger charge is 2.39. The summed E-state index contributed by atoms with van der Waals surface area (Å²) in [6.07, 6.45) is 0.351. The third kappa shape index (κ3) is 3.48. The molecule has 1 N–H and O–H groups in total. The number of benzene rings is 2. The van der Waals surface area contributed by atoms with Gasteiger partial charge >= 0.3 is 0 Å². The summed E-state index contributed by atoms with van der Waals surface area (Å²) >= 11 is 0. The molecule has 3 rings (SSSR count). The molecule has 0 bridgehead atoms. The van der Waals surface area contributed by atoms with E-state index in [4.69, 9.17) is 9.47 Å². The second-order valence-corrected chi connectivity index (χ2v) is 5.93. The Labute approximate surface area is 155 Å². The van der Waals surface area contributed by atoms with Crippen LogP contribution in [0.4, 0.5) is 4.39 Å². The van der Waals surface area contributed by atoms with E-state index in [9.17, 15) is 19.1 Å². The number of amides is 2. The number of carbonyl (C=O) groups is 2. The number of aliphatic hydroxyl groups is 1. The van der Waals surface area contributed by atoms with Gasteiger partial charge < -0.3 is 14.6 Å². The molecular weight excluding hydrogens is 353 g/mol. The topological polar surface area (TPSA) is 76.1 Å². The monoisotopic (exact) mass is 371 g/mol. The standard InChI is InChI=1S/C20H18FNO5/c1-26-15-8-5-13(11-16(15)27-2)17-18(23)20(25)22(19(17)24)10-9-12-3-6-14(21)7-4-12/h3-8,11,23H,9-10H2,1-2H3. The van der Waals surface area contributed by atoms with Crippen molar-refractivity contribution in [3.63, 3.8) is 0 Å². The Morgan fingerprint density at radius 1 is 0.963 bits per heavy atom. The minimum atomic E-state index is -0.758. The molecule has 2 amide bonds. The summed E-state index contributed by atoms with van der Waals surface area (Å²) in [5, 5.41) is 10.2. The molecule has 7 heteroatoms. The smallest absolute Gasteiger partial charge is 0.296 e. The summed E-state index contributed by atoms with van der Waals surface area (Å²) in [7, 11) is 2.93. The molecule has 0 saturated heterocycles. The van der Waals surface area contributed by atoms with E-state index in [1.807, 2.05) is 0 Å².